The Morgan fingerprint density at radius 2 is 1.96 bits per heavy atom. The van der Waals surface area contributed by atoms with Crippen molar-refractivity contribution in [3.05, 3.63) is 35.4 Å². The second-order valence-electron chi connectivity index (χ2n) is 4.44. The highest BCUT2D eigenvalue weighted by Gasteiger charge is 2.31. The summed E-state index contributed by atoms with van der Waals surface area (Å²) in [5.41, 5.74) is -1.37. The zero-order chi connectivity index (χ0) is 17.6. The van der Waals surface area contributed by atoms with Gasteiger partial charge in [-0.2, -0.15) is 13.2 Å². The van der Waals surface area contributed by atoms with Gasteiger partial charge in [-0.25, -0.2) is 4.79 Å². The lowest BCUT2D eigenvalue weighted by atomic mass is 10.1. The van der Waals surface area contributed by atoms with Gasteiger partial charge in [-0.15, -0.1) is 0 Å². The summed E-state index contributed by atoms with van der Waals surface area (Å²) in [6.45, 7) is 2.00. The van der Waals surface area contributed by atoms with E-state index in [4.69, 9.17) is 4.74 Å². The molecule has 0 aliphatic carbocycles. The Morgan fingerprint density at radius 1 is 1.30 bits per heavy atom. The van der Waals surface area contributed by atoms with E-state index in [0.29, 0.717) is 18.6 Å². The molecule has 0 saturated carbocycles. The maximum atomic E-state index is 12.8. The number of methoxy groups -OCH3 is 1. The fourth-order valence-electron chi connectivity index (χ4n) is 1.61. The second-order valence-corrected chi connectivity index (χ2v) is 4.44. The van der Waals surface area contributed by atoms with E-state index in [2.05, 4.69) is 4.74 Å². The summed E-state index contributed by atoms with van der Waals surface area (Å²) in [6, 6.07) is 2.48. The molecule has 0 saturated heterocycles. The molecule has 5 nitrogen and oxygen atoms in total. The van der Waals surface area contributed by atoms with Gasteiger partial charge in [0.1, 0.15) is 11.5 Å². The quantitative estimate of drug-likeness (QED) is 0.375. The van der Waals surface area contributed by atoms with Crippen molar-refractivity contribution in [3.8, 4) is 5.75 Å². The molecule has 0 unspecified atom stereocenters. The Kier molecular flexibility index (Phi) is 6.18. The first-order chi connectivity index (χ1) is 10.7. The van der Waals surface area contributed by atoms with Crippen LogP contribution in [0.5, 0.6) is 5.75 Å². The highest BCUT2D eigenvalue weighted by Crippen LogP contribution is 2.34. The molecule has 0 aliphatic heterocycles. The van der Waals surface area contributed by atoms with E-state index in [1.165, 1.54) is 0 Å². The van der Waals surface area contributed by atoms with E-state index in [-0.39, 0.29) is 17.9 Å². The lowest BCUT2D eigenvalue weighted by Crippen LogP contribution is -2.13. The molecule has 1 aromatic rings. The van der Waals surface area contributed by atoms with Crippen LogP contribution in [-0.4, -0.2) is 30.6 Å². The number of aliphatic hydroxyl groups excluding tert-OH is 1. The minimum Gasteiger partial charge on any atom is -0.507 e. The molecule has 0 atom stereocenters. The van der Waals surface area contributed by atoms with Gasteiger partial charge >= 0.3 is 12.1 Å². The molecule has 23 heavy (non-hydrogen) atoms. The number of hydrogen-bond acceptors (Lipinski definition) is 5. The van der Waals surface area contributed by atoms with Crippen molar-refractivity contribution in [1.82, 2.24) is 0 Å². The topological polar surface area (TPSA) is 72.8 Å². The van der Waals surface area contributed by atoms with Gasteiger partial charge in [0.15, 0.2) is 0 Å². The third-order valence-electron chi connectivity index (χ3n) is 2.70. The molecule has 0 amide bonds. The third-order valence-corrected chi connectivity index (χ3v) is 2.70. The Bertz CT molecular complexity index is 620. The summed E-state index contributed by atoms with van der Waals surface area (Å²) in [4.78, 5) is 22.4. The Balaban J connectivity index is 3.30. The molecule has 0 radical (unpaired) electrons. The van der Waals surface area contributed by atoms with E-state index in [1.54, 1.807) is 6.92 Å². The molecule has 0 aliphatic rings. The van der Waals surface area contributed by atoms with Crippen LogP contribution in [0.4, 0.5) is 13.2 Å². The van der Waals surface area contributed by atoms with Crippen molar-refractivity contribution in [2.45, 2.75) is 19.5 Å². The van der Waals surface area contributed by atoms with Crippen LogP contribution in [-0.2, 0) is 20.5 Å². The minimum absolute atomic E-state index is 0.0359. The number of ketones is 1. The number of aliphatic hydroxyl groups is 1. The number of rotatable bonds is 6. The number of alkyl halides is 3. The summed E-state index contributed by atoms with van der Waals surface area (Å²) in [5, 5.41) is 9.89. The molecule has 1 aromatic carbocycles. The summed E-state index contributed by atoms with van der Waals surface area (Å²) in [6.07, 6.45) is -3.56. The van der Waals surface area contributed by atoms with E-state index in [9.17, 15) is 27.9 Å². The first kappa shape index (κ1) is 18.5. The first-order valence-corrected chi connectivity index (χ1v) is 6.58. The van der Waals surface area contributed by atoms with Crippen LogP contribution in [0, 0.1) is 0 Å². The average molecular weight is 332 g/mol. The van der Waals surface area contributed by atoms with Crippen molar-refractivity contribution < 1.29 is 37.3 Å². The minimum atomic E-state index is -4.63. The summed E-state index contributed by atoms with van der Waals surface area (Å²) >= 11 is 0. The standard InChI is InChI=1S/C15H15F3O5/c1-3-6-23-13-5-4-9(15(16,17)18)7-10(13)11(19)8-12(20)14(21)22-2/h4-5,7-8,19H,3,6H2,1-2H3/b11-8+. The van der Waals surface area contributed by atoms with Crippen LogP contribution in [0.15, 0.2) is 24.3 Å². The van der Waals surface area contributed by atoms with Gasteiger partial charge in [0, 0.05) is 6.08 Å². The van der Waals surface area contributed by atoms with Crippen molar-refractivity contribution >= 4 is 17.5 Å². The van der Waals surface area contributed by atoms with Gasteiger partial charge in [0.05, 0.1) is 24.8 Å². The number of esters is 1. The molecule has 0 heterocycles. The van der Waals surface area contributed by atoms with Crippen LogP contribution in [0.3, 0.4) is 0 Å². The van der Waals surface area contributed by atoms with Crippen molar-refractivity contribution in [2.24, 2.45) is 0 Å². The maximum Gasteiger partial charge on any atom is 0.416 e. The number of halogens is 3. The number of carbonyl (C=O) groups is 2. The predicted octanol–water partition coefficient (Wildman–Crippen LogP) is 3.14. The fraction of sp³-hybridized carbons (Fsp3) is 0.333. The molecule has 8 heteroatoms. The largest absolute Gasteiger partial charge is 0.507 e. The molecule has 1 rings (SSSR count). The summed E-state index contributed by atoms with van der Waals surface area (Å²) < 4.78 is 47.7. The van der Waals surface area contributed by atoms with Gasteiger partial charge in [0.25, 0.3) is 5.78 Å². The van der Waals surface area contributed by atoms with Gasteiger partial charge in [-0.3, -0.25) is 4.79 Å². The normalized spacial score (nSPS) is 12.0. The van der Waals surface area contributed by atoms with E-state index >= 15 is 0 Å². The van der Waals surface area contributed by atoms with Crippen LogP contribution in [0.25, 0.3) is 5.76 Å². The smallest absolute Gasteiger partial charge is 0.416 e. The zero-order valence-corrected chi connectivity index (χ0v) is 12.4. The first-order valence-electron chi connectivity index (χ1n) is 6.58. The van der Waals surface area contributed by atoms with Crippen LogP contribution in [0.2, 0.25) is 0 Å². The van der Waals surface area contributed by atoms with E-state index in [1.807, 2.05) is 0 Å². The van der Waals surface area contributed by atoms with Gasteiger partial charge in [-0.1, -0.05) is 6.92 Å². The molecule has 0 fully saturated rings. The van der Waals surface area contributed by atoms with Crippen molar-refractivity contribution in [3.63, 3.8) is 0 Å². The summed E-state index contributed by atoms with van der Waals surface area (Å²) in [7, 11) is 0.963. The molecular formula is C15H15F3O5. The number of hydrogen-bond donors (Lipinski definition) is 1. The molecule has 0 aromatic heterocycles. The molecule has 0 spiro atoms. The average Bonchev–Trinajstić information content (AvgIpc) is 2.50. The molecular weight excluding hydrogens is 317 g/mol. The van der Waals surface area contributed by atoms with Gasteiger partial charge in [0.2, 0.25) is 0 Å². The molecule has 0 bridgehead atoms. The fourth-order valence-corrected chi connectivity index (χ4v) is 1.61. The van der Waals surface area contributed by atoms with Gasteiger partial charge < -0.3 is 14.6 Å². The lowest BCUT2D eigenvalue weighted by molar-refractivity contribution is -0.149. The highest BCUT2D eigenvalue weighted by molar-refractivity contribution is 6.39. The summed E-state index contributed by atoms with van der Waals surface area (Å²) in [5.74, 6) is -3.31. The van der Waals surface area contributed by atoms with Crippen LogP contribution >= 0.6 is 0 Å². The van der Waals surface area contributed by atoms with Crippen molar-refractivity contribution in [1.29, 1.82) is 0 Å². The Hall–Kier alpha value is -2.51. The number of ether oxygens (including phenoxy) is 2. The lowest BCUT2D eigenvalue weighted by Gasteiger charge is -2.14. The number of benzene rings is 1. The number of carbonyl (C=O) groups excluding carboxylic acids is 2. The highest BCUT2D eigenvalue weighted by atomic mass is 19.4. The maximum absolute atomic E-state index is 12.8. The predicted molar refractivity (Wildman–Crippen MR) is 74.9 cm³/mol. The van der Waals surface area contributed by atoms with Crippen molar-refractivity contribution in [2.75, 3.05) is 13.7 Å². The Labute approximate surface area is 130 Å². The Morgan fingerprint density at radius 3 is 2.48 bits per heavy atom. The van der Waals surface area contributed by atoms with Crippen LogP contribution in [0.1, 0.15) is 24.5 Å². The van der Waals surface area contributed by atoms with Gasteiger partial charge in [-0.05, 0) is 24.6 Å². The van der Waals surface area contributed by atoms with E-state index in [0.717, 1.165) is 19.2 Å². The second kappa shape index (κ2) is 7.66. The third kappa shape index (κ3) is 5.01. The SMILES string of the molecule is CCCOc1ccc(C(F)(F)F)cc1/C(O)=C\C(=O)C(=O)OC. The monoisotopic (exact) mass is 332 g/mol. The van der Waals surface area contributed by atoms with Crippen LogP contribution < -0.4 is 4.74 Å². The molecule has 1 N–H and O–H groups in total. The zero-order valence-electron chi connectivity index (χ0n) is 12.4. The molecule has 126 valence electrons. The van der Waals surface area contributed by atoms with E-state index < -0.39 is 29.3 Å².